The summed E-state index contributed by atoms with van der Waals surface area (Å²) in [6, 6.07) is 1.94. The number of carbonyl (C=O) groups is 1. The largest absolute Gasteiger partial charge is 0.478 e. The fourth-order valence-electron chi connectivity index (χ4n) is 2.35. The molecule has 0 aliphatic heterocycles. The number of hydrogen-bond donors (Lipinski definition) is 2. The summed E-state index contributed by atoms with van der Waals surface area (Å²) >= 11 is 0. The molecule has 1 heterocycles. The molecular weight excluding hydrogens is 218 g/mol. The summed E-state index contributed by atoms with van der Waals surface area (Å²) in [7, 11) is 1.97. The van der Waals surface area contributed by atoms with Gasteiger partial charge in [0, 0.05) is 19.3 Å². The summed E-state index contributed by atoms with van der Waals surface area (Å²) in [6.07, 6.45) is 6.14. The molecule has 3 N–H and O–H groups in total. The zero-order chi connectivity index (χ0) is 12.4. The van der Waals surface area contributed by atoms with Gasteiger partial charge >= 0.3 is 5.97 Å². The number of rotatable bonds is 3. The molecule has 0 aromatic carbocycles. The first-order chi connectivity index (χ1) is 8.09. The second kappa shape index (κ2) is 4.61. The quantitative estimate of drug-likeness (QED) is 0.834. The van der Waals surface area contributed by atoms with Crippen molar-refractivity contribution in [1.29, 1.82) is 0 Å². The third kappa shape index (κ3) is 2.33. The molecule has 0 atom stereocenters. The number of aromatic carboxylic acids is 1. The maximum Gasteiger partial charge on any atom is 0.337 e. The van der Waals surface area contributed by atoms with Crippen LogP contribution in [-0.2, 0) is 0 Å². The van der Waals surface area contributed by atoms with E-state index in [9.17, 15) is 4.79 Å². The van der Waals surface area contributed by atoms with E-state index in [1.807, 2.05) is 7.05 Å². The van der Waals surface area contributed by atoms with E-state index in [0.29, 0.717) is 17.5 Å². The van der Waals surface area contributed by atoms with Gasteiger partial charge in [0.25, 0.3) is 0 Å². The standard InChI is InChI=1S/C12H17N3O2/c1-15(9-4-2-3-5-9)11-10(13)6-8(7-14-11)12(16)17/h6-7,9H,2-5,13H2,1H3,(H,16,17). The van der Waals surface area contributed by atoms with Crippen molar-refractivity contribution in [3.8, 4) is 0 Å². The smallest absolute Gasteiger partial charge is 0.337 e. The van der Waals surface area contributed by atoms with Gasteiger partial charge in [0.05, 0.1) is 11.3 Å². The maximum atomic E-state index is 10.8. The molecule has 1 aliphatic rings. The number of nitrogen functional groups attached to an aromatic ring is 1. The Morgan fingerprint density at radius 2 is 2.18 bits per heavy atom. The molecule has 92 valence electrons. The first-order valence-corrected chi connectivity index (χ1v) is 5.81. The summed E-state index contributed by atoms with van der Waals surface area (Å²) in [5.74, 6) is -0.318. The van der Waals surface area contributed by atoms with Gasteiger partial charge in [-0.15, -0.1) is 0 Å². The lowest BCUT2D eigenvalue weighted by atomic mass is 10.2. The topological polar surface area (TPSA) is 79.5 Å². The molecule has 0 bridgehead atoms. The summed E-state index contributed by atoms with van der Waals surface area (Å²) in [4.78, 5) is 17.0. The SMILES string of the molecule is CN(c1ncc(C(=O)O)cc1N)C1CCCC1. The van der Waals surface area contributed by atoms with Crippen LogP contribution in [0.15, 0.2) is 12.3 Å². The lowest BCUT2D eigenvalue weighted by molar-refractivity contribution is 0.0696. The van der Waals surface area contributed by atoms with Crippen LogP contribution in [0.4, 0.5) is 11.5 Å². The van der Waals surface area contributed by atoms with Gasteiger partial charge in [-0.25, -0.2) is 9.78 Å². The highest BCUT2D eigenvalue weighted by Gasteiger charge is 2.22. The predicted molar refractivity (Wildman–Crippen MR) is 66.3 cm³/mol. The van der Waals surface area contributed by atoms with E-state index in [-0.39, 0.29) is 5.56 Å². The Kier molecular flexibility index (Phi) is 3.17. The fraction of sp³-hybridized carbons (Fsp3) is 0.500. The van der Waals surface area contributed by atoms with Crippen LogP contribution < -0.4 is 10.6 Å². The molecule has 1 aromatic heterocycles. The van der Waals surface area contributed by atoms with Crippen LogP contribution in [0.25, 0.3) is 0 Å². The number of nitrogens with zero attached hydrogens (tertiary/aromatic N) is 2. The minimum Gasteiger partial charge on any atom is -0.478 e. The van der Waals surface area contributed by atoms with Crippen molar-refractivity contribution in [2.75, 3.05) is 17.7 Å². The van der Waals surface area contributed by atoms with Gasteiger partial charge < -0.3 is 15.7 Å². The third-order valence-corrected chi connectivity index (χ3v) is 3.35. The van der Waals surface area contributed by atoms with E-state index in [1.165, 1.54) is 25.1 Å². The molecule has 0 unspecified atom stereocenters. The predicted octanol–water partition coefficient (Wildman–Crippen LogP) is 1.74. The number of nitrogens with two attached hydrogens (primary N) is 1. The Labute approximate surface area is 100 Å². The molecule has 0 radical (unpaired) electrons. The average molecular weight is 235 g/mol. The third-order valence-electron chi connectivity index (χ3n) is 3.35. The number of aromatic nitrogens is 1. The van der Waals surface area contributed by atoms with Gasteiger partial charge in [-0.05, 0) is 18.9 Å². The van der Waals surface area contributed by atoms with Crippen LogP contribution in [0.1, 0.15) is 36.0 Å². The van der Waals surface area contributed by atoms with E-state index in [1.54, 1.807) is 0 Å². The van der Waals surface area contributed by atoms with E-state index in [2.05, 4.69) is 9.88 Å². The molecule has 1 saturated carbocycles. The van der Waals surface area contributed by atoms with E-state index >= 15 is 0 Å². The summed E-state index contributed by atoms with van der Waals surface area (Å²) in [5, 5.41) is 8.84. The minimum absolute atomic E-state index is 0.131. The van der Waals surface area contributed by atoms with Gasteiger partial charge in [-0.3, -0.25) is 0 Å². The monoisotopic (exact) mass is 235 g/mol. The van der Waals surface area contributed by atoms with Crippen LogP contribution in [-0.4, -0.2) is 29.1 Å². The van der Waals surface area contributed by atoms with Crippen LogP contribution in [0, 0.1) is 0 Å². The molecular formula is C12H17N3O2. The second-order valence-corrected chi connectivity index (χ2v) is 4.49. The van der Waals surface area contributed by atoms with Crippen LogP contribution >= 0.6 is 0 Å². The Morgan fingerprint density at radius 3 is 2.71 bits per heavy atom. The van der Waals surface area contributed by atoms with Gasteiger partial charge in [0.15, 0.2) is 5.82 Å². The normalized spacial score (nSPS) is 16.1. The molecule has 1 aliphatic carbocycles. The molecule has 17 heavy (non-hydrogen) atoms. The molecule has 5 nitrogen and oxygen atoms in total. The lowest BCUT2D eigenvalue weighted by Crippen LogP contribution is -2.30. The van der Waals surface area contributed by atoms with E-state index < -0.39 is 5.97 Å². The van der Waals surface area contributed by atoms with Gasteiger partial charge in [-0.2, -0.15) is 0 Å². The van der Waals surface area contributed by atoms with Crippen molar-refractivity contribution in [1.82, 2.24) is 4.98 Å². The molecule has 1 fully saturated rings. The van der Waals surface area contributed by atoms with Crippen LogP contribution in [0.3, 0.4) is 0 Å². The number of carboxylic acids is 1. The summed E-state index contributed by atoms with van der Waals surface area (Å²) < 4.78 is 0. The van der Waals surface area contributed by atoms with Crippen molar-refractivity contribution in [3.05, 3.63) is 17.8 Å². The Hall–Kier alpha value is -1.78. The summed E-state index contributed by atoms with van der Waals surface area (Å²) in [6.45, 7) is 0. The van der Waals surface area contributed by atoms with Gasteiger partial charge in [-0.1, -0.05) is 12.8 Å². The maximum absolute atomic E-state index is 10.8. The Bertz CT molecular complexity index is 428. The van der Waals surface area contributed by atoms with Crippen molar-refractivity contribution < 1.29 is 9.90 Å². The van der Waals surface area contributed by atoms with E-state index in [4.69, 9.17) is 10.8 Å². The van der Waals surface area contributed by atoms with Gasteiger partial charge in [0.2, 0.25) is 0 Å². The van der Waals surface area contributed by atoms with Crippen molar-refractivity contribution in [3.63, 3.8) is 0 Å². The molecule has 0 spiro atoms. The van der Waals surface area contributed by atoms with Gasteiger partial charge in [0.1, 0.15) is 0 Å². The Morgan fingerprint density at radius 1 is 1.53 bits per heavy atom. The minimum atomic E-state index is -1.00. The van der Waals surface area contributed by atoms with Crippen LogP contribution in [0.5, 0.6) is 0 Å². The highest BCUT2D eigenvalue weighted by Crippen LogP contribution is 2.29. The fourth-order valence-corrected chi connectivity index (χ4v) is 2.35. The highest BCUT2D eigenvalue weighted by molar-refractivity contribution is 5.89. The van der Waals surface area contributed by atoms with Crippen molar-refractivity contribution in [2.24, 2.45) is 0 Å². The number of pyridine rings is 1. The summed E-state index contributed by atoms with van der Waals surface area (Å²) in [5.41, 5.74) is 6.42. The van der Waals surface area contributed by atoms with E-state index in [0.717, 1.165) is 12.8 Å². The first-order valence-electron chi connectivity index (χ1n) is 5.81. The van der Waals surface area contributed by atoms with Crippen LogP contribution in [0.2, 0.25) is 0 Å². The first kappa shape index (κ1) is 11.7. The number of hydrogen-bond acceptors (Lipinski definition) is 4. The zero-order valence-corrected chi connectivity index (χ0v) is 9.89. The van der Waals surface area contributed by atoms with Crippen molar-refractivity contribution >= 4 is 17.5 Å². The Balaban J connectivity index is 2.23. The zero-order valence-electron chi connectivity index (χ0n) is 9.89. The molecule has 0 amide bonds. The molecule has 0 saturated heterocycles. The molecule has 2 rings (SSSR count). The average Bonchev–Trinajstić information content (AvgIpc) is 2.81. The number of carboxylic acid groups (broad SMARTS) is 1. The highest BCUT2D eigenvalue weighted by atomic mass is 16.4. The second-order valence-electron chi connectivity index (χ2n) is 4.49. The van der Waals surface area contributed by atoms with Crippen molar-refractivity contribution in [2.45, 2.75) is 31.7 Å². The molecule has 5 heteroatoms. The number of anilines is 2. The lowest BCUT2D eigenvalue weighted by Gasteiger charge is -2.26. The molecule has 1 aromatic rings.